The Morgan fingerprint density at radius 2 is 1.87 bits per heavy atom. The van der Waals surface area contributed by atoms with Gasteiger partial charge in [-0.05, 0) is 31.1 Å². The number of morpholine rings is 1. The third-order valence-corrected chi connectivity index (χ3v) is 4.13. The Bertz CT molecular complexity index is 187. The van der Waals surface area contributed by atoms with Gasteiger partial charge in [0.25, 0.3) is 0 Å². The van der Waals surface area contributed by atoms with Crippen molar-refractivity contribution in [2.75, 3.05) is 13.1 Å². The van der Waals surface area contributed by atoms with E-state index in [1.54, 1.807) is 0 Å². The maximum absolute atomic E-state index is 6.15. The van der Waals surface area contributed by atoms with Crippen molar-refractivity contribution in [2.45, 2.75) is 58.2 Å². The van der Waals surface area contributed by atoms with Gasteiger partial charge in [0.05, 0.1) is 12.2 Å². The number of rotatable bonds is 2. The summed E-state index contributed by atoms with van der Waals surface area (Å²) in [5, 5.41) is 3.52. The summed E-state index contributed by atoms with van der Waals surface area (Å²) in [6.45, 7) is 6.73. The van der Waals surface area contributed by atoms with Gasteiger partial charge in [0.2, 0.25) is 0 Å². The zero-order valence-electron chi connectivity index (χ0n) is 10.2. The maximum atomic E-state index is 6.15. The molecule has 1 saturated heterocycles. The van der Waals surface area contributed by atoms with Crippen molar-refractivity contribution in [1.82, 2.24) is 5.32 Å². The number of nitrogens with one attached hydrogen (secondary N) is 1. The van der Waals surface area contributed by atoms with Gasteiger partial charge in [-0.2, -0.15) is 0 Å². The van der Waals surface area contributed by atoms with E-state index in [-0.39, 0.29) is 0 Å². The molecule has 0 bridgehead atoms. The van der Waals surface area contributed by atoms with Gasteiger partial charge >= 0.3 is 0 Å². The fourth-order valence-corrected chi connectivity index (χ4v) is 2.91. The van der Waals surface area contributed by atoms with Crippen LogP contribution in [-0.4, -0.2) is 25.3 Å². The molecule has 0 spiro atoms. The third kappa shape index (κ3) is 2.94. The molecule has 0 amide bonds. The lowest BCUT2D eigenvalue weighted by Gasteiger charge is -2.38. The van der Waals surface area contributed by atoms with Gasteiger partial charge in [-0.25, -0.2) is 0 Å². The van der Waals surface area contributed by atoms with Gasteiger partial charge in [-0.15, -0.1) is 0 Å². The predicted molar refractivity (Wildman–Crippen MR) is 62.9 cm³/mol. The van der Waals surface area contributed by atoms with Crippen LogP contribution < -0.4 is 5.32 Å². The van der Waals surface area contributed by atoms with E-state index < -0.39 is 0 Å². The average Bonchev–Trinajstić information content (AvgIpc) is 2.30. The van der Waals surface area contributed by atoms with Crippen LogP contribution in [0.15, 0.2) is 0 Å². The Hall–Kier alpha value is -0.0800. The Balaban J connectivity index is 1.82. The van der Waals surface area contributed by atoms with Gasteiger partial charge in [-0.3, -0.25) is 0 Å². The van der Waals surface area contributed by atoms with Gasteiger partial charge in [0.1, 0.15) is 0 Å². The average molecular weight is 211 g/mol. The predicted octanol–water partition coefficient (Wildman–Crippen LogP) is 2.58. The first kappa shape index (κ1) is 11.4. The Labute approximate surface area is 93.8 Å². The molecule has 0 aromatic rings. The van der Waals surface area contributed by atoms with Crippen molar-refractivity contribution in [2.24, 2.45) is 11.8 Å². The molecule has 0 aromatic carbocycles. The number of ether oxygens (including phenoxy) is 1. The molecule has 2 unspecified atom stereocenters. The zero-order chi connectivity index (χ0) is 10.7. The highest BCUT2D eigenvalue weighted by Crippen LogP contribution is 2.32. The Kier molecular flexibility index (Phi) is 4.04. The second kappa shape index (κ2) is 5.31. The second-order valence-electron chi connectivity index (χ2n) is 5.38. The summed E-state index contributed by atoms with van der Waals surface area (Å²) in [4.78, 5) is 0. The molecule has 0 radical (unpaired) electrons. The molecule has 1 N–H and O–H groups in total. The van der Waals surface area contributed by atoms with Crippen LogP contribution in [0.3, 0.4) is 0 Å². The molecule has 2 atom stereocenters. The van der Waals surface area contributed by atoms with E-state index in [4.69, 9.17) is 4.74 Å². The number of hydrogen-bond donors (Lipinski definition) is 1. The van der Waals surface area contributed by atoms with Crippen molar-refractivity contribution in [3.8, 4) is 0 Å². The monoisotopic (exact) mass is 211 g/mol. The van der Waals surface area contributed by atoms with Crippen LogP contribution in [0.2, 0.25) is 0 Å². The van der Waals surface area contributed by atoms with E-state index in [0.717, 1.165) is 31.3 Å². The lowest BCUT2D eigenvalue weighted by Crippen LogP contribution is -2.48. The topological polar surface area (TPSA) is 21.3 Å². The fraction of sp³-hybridized carbons (Fsp3) is 1.00. The summed E-state index contributed by atoms with van der Waals surface area (Å²) in [5.41, 5.74) is 0. The summed E-state index contributed by atoms with van der Waals surface area (Å²) < 4.78 is 6.15. The quantitative estimate of drug-likeness (QED) is 0.758. The van der Waals surface area contributed by atoms with Crippen LogP contribution in [0, 0.1) is 11.8 Å². The first-order chi connectivity index (χ1) is 7.29. The summed E-state index contributed by atoms with van der Waals surface area (Å²) >= 11 is 0. The molecule has 15 heavy (non-hydrogen) atoms. The van der Waals surface area contributed by atoms with Crippen LogP contribution in [0.4, 0.5) is 0 Å². The van der Waals surface area contributed by atoms with Gasteiger partial charge in [-0.1, -0.05) is 26.7 Å². The number of hydrogen-bond acceptors (Lipinski definition) is 2. The minimum absolute atomic E-state index is 0.461. The largest absolute Gasteiger partial charge is 0.372 e. The van der Waals surface area contributed by atoms with Crippen LogP contribution in [0.5, 0.6) is 0 Å². The highest BCUT2D eigenvalue weighted by Gasteiger charge is 2.30. The van der Waals surface area contributed by atoms with Gasteiger partial charge in [0.15, 0.2) is 0 Å². The molecule has 2 fully saturated rings. The summed E-state index contributed by atoms with van der Waals surface area (Å²) in [5.74, 6) is 1.77. The van der Waals surface area contributed by atoms with Crippen LogP contribution in [0.1, 0.15) is 46.0 Å². The zero-order valence-corrected chi connectivity index (χ0v) is 10.2. The van der Waals surface area contributed by atoms with E-state index in [9.17, 15) is 0 Å². The molecule has 1 heterocycles. The molecule has 2 heteroatoms. The highest BCUT2D eigenvalue weighted by atomic mass is 16.5. The van der Waals surface area contributed by atoms with E-state index in [1.165, 1.54) is 25.7 Å². The summed E-state index contributed by atoms with van der Waals surface area (Å²) in [6.07, 6.45) is 7.67. The van der Waals surface area contributed by atoms with Gasteiger partial charge in [0, 0.05) is 13.1 Å². The van der Waals surface area contributed by atoms with Gasteiger partial charge < -0.3 is 10.1 Å². The molecule has 1 aliphatic carbocycles. The molecule has 0 aromatic heterocycles. The summed E-state index contributed by atoms with van der Waals surface area (Å²) in [6, 6.07) is 0. The van der Waals surface area contributed by atoms with E-state index in [1.807, 2.05) is 0 Å². The van der Waals surface area contributed by atoms with E-state index in [0.29, 0.717) is 12.2 Å². The van der Waals surface area contributed by atoms with Crippen molar-refractivity contribution < 1.29 is 4.74 Å². The van der Waals surface area contributed by atoms with Crippen LogP contribution >= 0.6 is 0 Å². The summed E-state index contributed by atoms with van der Waals surface area (Å²) in [7, 11) is 0. The molecular formula is C13H25NO. The molecule has 88 valence electrons. The SMILES string of the molecule is CCC1CNCC(C2CCC(C)CC2)O1. The lowest BCUT2D eigenvalue weighted by molar-refractivity contribution is -0.0750. The molecule has 2 aliphatic rings. The molecular weight excluding hydrogens is 186 g/mol. The van der Waals surface area contributed by atoms with Crippen molar-refractivity contribution >= 4 is 0 Å². The lowest BCUT2D eigenvalue weighted by atomic mass is 9.80. The van der Waals surface area contributed by atoms with E-state index in [2.05, 4.69) is 19.2 Å². The minimum atomic E-state index is 0.461. The Morgan fingerprint density at radius 1 is 1.13 bits per heavy atom. The first-order valence-corrected chi connectivity index (χ1v) is 6.65. The molecule has 2 rings (SSSR count). The normalized spacial score (nSPS) is 42.8. The smallest absolute Gasteiger partial charge is 0.0731 e. The fourth-order valence-electron chi connectivity index (χ4n) is 2.91. The molecule has 1 saturated carbocycles. The molecule has 2 nitrogen and oxygen atoms in total. The van der Waals surface area contributed by atoms with Crippen LogP contribution in [-0.2, 0) is 4.74 Å². The van der Waals surface area contributed by atoms with Crippen LogP contribution in [0.25, 0.3) is 0 Å². The molecule has 1 aliphatic heterocycles. The first-order valence-electron chi connectivity index (χ1n) is 6.65. The van der Waals surface area contributed by atoms with E-state index >= 15 is 0 Å². The van der Waals surface area contributed by atoms with Crippen molar-refractivity contribution in [3.05, 3.63) is 0 Å². The second-order valence-corrected chi connectivity index (χ2v) is 5.38. The highest BCUT2D eigenvalue weighted by molar-refractivity contribution is 4.82. The Morgan fingerprint density at radius 3 is 2.53 bits per heavy atom. The standard InChI is InChI=1S/C13H25NO/c1-3-12-8-14-9-13(15-12)11-6-4-10(2)5-7-11/h10-14H,3-9H2,1-2H3. The third-order valence-electron chi connectivity index (χ3n) is 4.13. The van der Waals surface area contributed by atoms with Crippen molar-refractivity contribution in [3.63, 3.8) is 0 Å². The maximum Gasteiger partial charge on any atom is 0.0731 e. The minimum Gasteiger partial charge on any atom is -0.372 e. The van der Waals surface area contributed by atoms with Crippen molar-refractivity contribution in [1.29, 1.82) is 0 Å².